The van der Waals surface area contributed by atoms with E-state index in [4.69, 9.17) is 42.3 Å². The molecule has 1 fully saturated rings. The SMILES string of the molecule is CC(=O)OC[C@@H]1O[C@H](Oc2ccc3c(=O)c(-c4ccc5c(c4)OCCCO5)coc3c2)[C@H](OC(C)=O)[C@@H](OC(C)=O)[C@H]1OC(C)=O. The Morgan fingerprint density at radius 2 is 1.46 bits per heavy atom. The highest BCUT2D eigenvalue weighted by Crippen LogP contribution is 2.35. The summed E-state index contributed by atoms with van der Waals surface area (Å²) in [5, 5.41) is 0.249. The zero-order chi connectivity index (χ0) is 33.0. The van der Waals surface area contributed by atoms with Crippen molar-refractivity contribution in [1.29, 1.82) is 0 Å². The maximum absolute atomic E-state index is 13.5. The molecular formula is C32H32O14. The minimum absolute atomic E-state index is 0.125. The first-order valence-corrected chi connectivity index (χ1v) is 14.4. The summed E-state index contributed by atoms with van der Waals surface area (Å²) in [6.07, 6.45) is -4.74. The van der Waals surface area contributed by atoms with Crippen LogP contribution in [0.5, 0.6) is 17.2 Å². The van der Waals surface area contributed by atoms with Crippen LogP contribution in [0.4, 0.5) is 0 Å². The summed E-state index contributed by atoms with van der Waals surface area (Å²) in [4.78, 5) is 61.2. The van der Waals surface area contributed by atoms with Gasteiger partial charge >= 0.3 is 23.9 Å². The lowest BCUT2D eigenvalue weighted by atomic mass is 9.98. The Bertz CT molecular complexity index is 1690. The van der Waals surface area contributed by atoms with Crippen molar-refractivity contribution in [1.82, 2.24) is 0 Å². The summed E-state index contributed by atoms with van der Waals surface area (Å²) in [7, 11) is 0. The molecule has 14 nitrogen and oxygen atoms in total. The number of rotatable bonds is 8. The van der Waals surface area contributed by atoms with Crippen molar-refractivity contribution in [3.8, 4) is 28.4 Å². The van der Waals surface area contributed by atoms with Gasteiger partial charge in [0.2, 0.25) is 12.4 Å². The first-order valence-electron chi connectivity index (χ1n) is 14.4. The van der Waals surface area contributed by atoms with Crippen molar-refractivity contribution in [3.63, 3.8) is 0 Å². The van der Waals surface area contributed by atoms with E-state index in [2.05, 4.69) is 0 Å². The number of benzene rings is 2. The molecule has 3 heterocycles. The largest absolute Gasteiger partial charge is 0.490 e. The molecule has 2 aliphatic rings. The molecule has 1 saturated heterocycles. The van der Waals surface area contributed by atoms with Crippen LogP contribution >= 0.6 is 0 Å². The number of carbonyl (C=O) groups excluding carboxylic acids is 4. The first-order chi connectivity index (χ1) is 22.0. The molecule has 0 aliphatic carbocycles. The maximum atomic E-state index is 13.5. The van der Waals surface area contributed by atoms with E-state index in [1.807, 2.05) is 0 Å². The second-order valence-electron chi connectivity index (χ2n) is 10.5. The third-order valence-corrected chi connectivity index (χ3v) is 7.01. The highest BCUT2D eigenvalue weighted by molar-refractivity contribution is 5.83. The molecule has 0 amide bonds. The number of hydrogen-bond donors (Lipinski definition) is 0. The van der Waals surface area contributed by atoms with E-state index < -0.39 is 61.2 Å². The second-order valence-corrected chi connectivity index (χ2v) is 10.5. The Morgan fingerprint density at radius 1 is 0.783 bits per heavy atom. The summed E-state index contributed by atoms with van der Waals surface area (Å²) in [6, 6.07) is 9.61. The van der Waals surface area contributed by atoms with Gasteiger partial charge in [-0.1, -0.05) is 6.07 Å². The molecule has 2 aliphatic heterocycles. The van der Waals surface area contributed by atoms with Crippen molar-refractivity contribution >= 4 is 34.8 Å². The summed E-state index contributed by atoms with van der Waals surface area (Å²) in [5.74, 6) is -1.70. The fourth-order valence-corrected chi connectivity index (χ4v) is 5.13. The molecule has 0 bridgehead atoms. The zero-order valence-corrected chi connectivity index (χ0v) is 25.5. The quantitative estimate of drug-likeness (QED) is 0.260. The van der Waals surface area contributed by atoms with Crippen LogP contribution in [0.1, 0.15) is 34.1 Å². The van der Waals surface area contributed by atoms with Crippen LogP contribution in [0, 0.1) is 0 Å². The molecule has 2 aromatic carbocycles. The van der Waals surface area contributed by atoms with Crippen LogP contribution in [0.15, 0.2) is 51.9 Å². The van der Waals surface area contributed by atoms with Gasteiger partial charge in [-0.25, -0.2) is 0 Å². The predicted molar refractivity (Wildman–Crippen MR) is 156 cm³/mol. The van der Waals surface area contributed by atoms with Crippen LogP contribution in [0.25, 0.3) is 22.1 Å². The van der Waals surface area contributed by atoms with Gasteiger partial charge in [0.15, 0.2) is 29.1 Å². The lowest BCUT2D eigenvalue weighted by molar-refractivity contribution is -0.288. The number of carbonyl (C=O) groups is 4. The van der Waals surface area contributed by atoms with Crippen LogP contribution in [0.2, 0.25) is 0 Å². The molecule has 5 atom stereocenters. The molecule has 244 valence electrons. The average Bonchev–Trinajstić information content (AvgIpc) is 3.24. The molecular weight excluding hydrogens is 608 g/mol. The van der Waals surface area contributed by atoms with E-state index in [-0.39, 0.29) is 22.1 Å². The second kappa shape index (κ2) is 13.9. The number of fused-ring (bicyclic) bond motifs is 2. The van der Waals surface area contributed by atoms with Crippen LogP contribution in [-0.2, 0) is 42.9 Å². The average molecular weight is 641 g/mol. The van der Waals surface area contributed by atoms with Gasteiger partial charge in [0.1, 0.15) is 30.3 Å². The smallest absolute Gasteiger partial charge is 0.303 e. The minimum Gasteiger partial charge on any atom is -0.490 e. The van der Waals surface area contributed by atoms with Gasteiger partial charge in [0.05, 0.1) is 24.2 Å². The third kappa shape index (κ3) is 7.40. The fraction of sp³-hybridized carbons (Fsp3) is 0.406. The highest BCUT2D eigenvalue weighted by Gasteiger charge is 2.53. The van der Waals surface area contributed by atoms with Gasteiger partial charge in [0.25, 0.3) is 0 Å². The number of ether oxygens (including phenoxy) is 8. The van der Waals surface area contributed by atoms with Crippen molar-refractivity contribution in [3.05, 3.63) is 52.9 Å². The van der Waals surface area contributed by atoms with E-state index in [1.165, 1.54) is 31.4 Å². The zero-order valence-electron chi connectivity index (χ0n) is 25.5. The molecule has 0 unspecified atom stereocenters. The Hall–Kier alpha value is -5.11. The molecule has 1 aromatic heterocycles. The number of esters is 4. The summed E-state index contributed by atoms with van der Waals surface area (Å²) in [5.41, 5.74) is 0.745. The molecule has 0 radical (unpaired) electrons. The van der Waals surface area contributed by atoms with Gasteiger partial charge in [-0.3, -0.25) is 24.0 Å². The molecule has 0 saturated carbocycles. The van der Waals surface area contributed by atoms with Gasteiger partial charge in [-0.05, 0) is 29.8 Å². The Balaban J connectivity index is 1.46. The maximum Gasteiger partial charge on any atom is 0.303 e. The van der Waals surface area contributed by atoms with Crippen molar-refractivity contribution in [2.45, 2.75) is 64.8 Å². The third-order valence-electron chi connectivity index (χ3n) is 7.01. The topological polar surface area (TPSA) is 172 Å². The van der Waals surface area contributed by atoms with E-state index >= 15 is 0 Å². The number of hydrogen-bond acceptors (Lipinski definition) is 14. The molecule has 0 spiro atoms. The summed E-state index contributed by atoms with van der Waals surface area (Å²) < 4.78 is 50.6. The monoisotopic (exact) mass is 640 g/mol. The lowest BCUT2D eigenvalue weighted by Crippen LogP contribution is -2.63. The first kappa shape index (κ1) is 32.3. The Labute approximate surface area is 262 Å². The van der Waals surface area contributed by atoms with E-state index in [1.54, 1.807) is 18.2 Å². The van der Waals surface area contributed by atoms with Crippen molar-refractivity contribution < 1.29 is 61.5 Å². The normalized spacial score (nSPS) is 22.2. The molecule has 0 N–H and O–H groups in total. The lowest BCUT2D eigenvalue weighted by Gasteiger charge is -2.43. The highest BCUT2D eigenvalue weighted by atomic mass is 16.7. The molecule has 3 aromatic rings. The summed E-state index contributed by atoms with van der Waals surface area (Å²) >= 11 is 0. The van der Waals surface area contributed by atoms with Gasteiger partial charge in [-0.2, -0.15) is 0 Å². The molecule has 14 heteroatoms. The van der Waals surface area contributed by atoms with E-state index in [9.17, 15) is 24.0 Å². The standard InChI is InChI=1S/C32H32O14/c1-16(33)40-15-27-29(42-17(2)34)30(43-18(3)35)31(44-19(4)36)32(46-27)45-21-7-8-22-25(13-21)41-14-23(28(22)37)20-6-9-24-26(12-20)39-11-5-10-38-24/h6-9,12-14,27,29-32H,5,10-11,15H2,1-4H3/t27-,29-,30-,31+,32-/m0/s1. The van der Waals surface area contributed by atoms with Gasteiger partial charge < -0.3 is 42.3 Å². The van der Waals surface area contributed by atoms with Crippen LogP contribution in [-0.4, -0.2) is 74.4 Å². The predicted octanol–water partition coefficient (Wildman–Crippen LogP) is 3.08. The van der Waals surface area contributed by atoms with Crippen molar-refractivity contribution in [2.75, 3.05) is 19.8 Å². The van der Waals surface area contributed by atoms with Crippen LogP contribution < -0.4 is 19.6 Å². The minimum atomic E-state index is -1.45. The van der Waals surface area contributed by atoms with Crippen molar-refractivity contribution in [2.24, 2.45) is 0 Å². The van der Waals surface area contributed by atoms with Gasteiger partial charge in [0, 0.05) is 40.2 Å². The Kier molecular flexibility index (Phi) is 9.75. The van der Waals surface area contributed by atoms with Gasteiger partial charge in [-0.15, -0.1) is 0 Å². The van der Waals surface area contributed by atoms with E-state index in [0.29, 0.717) is 35.8 Å². The van der Waals surface area contributed by atoms with Crippen LogP contribution in [0.3, 0.4) is 0 Å². The van der Waals surface area contributed by atoms with E-state index in [0.717, 1.165) is 27.2 Å². The Morgan fingerprint density at radius 3 is 2.15 bits per heavy atom. The molecule has 46 heavy (non-hydrogen) atoms. The fourth-order valence-electron chi connectivity index (χ4n) is 5.13. The summed E-state index contributed by atoms with van der Waals surface area (Å²) in [6.45, 7) is 5.16. The molecule has 5 rings (SSSR count).